The van der Waals surface area contributed by atoms with Gasteiger partial charge in [0.1, 0.15) is 0 Å². The van der Waals surface area contributed by atoms with E-state index in [0.29, 0.717) is 12.8 Å². The predicted molar refractivity (Wildman–Crippen MR) is 57.4 cm³/mol. The average Bonchev–Trinajstić information content (AvgIpc) is 2.27. The molecule has 0 aliphatic heterocycles. The van der Waals surface area contributed by atoms with Gasteiger partial charge in [-0.3, -0.25) is 9.78 Å². The number of hydrogen-bond donors (Lipinski definition) is 2. The molecular weight excluding hydrogens is 192 g/mol. The lowest BCUT2D eigenvalue weighted by Gasteiger charge is -2.26. The highest BCUT2D eigenvalue weighted by Gasteiger charge is 2.35. The second kappa shape index (κ2) is 4.89. The van der Waals surface area contributed by atoms with Crippen molar-refractivity contribution in [3.63, 3.8) is 0 Å². The normalized spacial score (nSPS) is 14.5. The Balaban J connectivity index is 2.89. The zero-order chi connectivity index (χ0) is 11.3. The number of carbonyl (C=O) groups is 1. The fourth-order valence-electron chi connectivity index (χ4n) is 1.55. The molecule has 0 saturated heterocycles. The molecule has 0 bridgehead atoms. The van der Waals surface area contributed by atoms with Crippen LogP contribution in [-0.2, 0) is 11.2 Å². The molecule has 1 heterocycles. The van der Waals surface area contributed by atoms with Gasteiger partial charge in [-0.05, 0) is 24.5 Å². The Morgan fingerprint density at radius 3 is 2.80 bits per heavy atom. The van der Waals surface area contributed by atoms with Crippen molar-refractivity contribution >= 4 is 5.97 Å². The van der Waals surface area contributed by atoms with E-state index in [9.17, 15) is 9.90 Å². The molecule has 1 unspecified atom stereocenters. The van der Waals surface area contributed by atoms with Gasteiger partial charge in [-0.25, -0.2) is 0 Å². The molecule has 1 atom stereocenters. The maximum atomic E-state index is 11.2. The van der Waals surface area contributed by atoms with E-state index in [1.54, 1.807) is 18.5 Å². The van der Waals surface area contributed by atoms with Crippen molar-refractivity contribution in [2.45, 2.75) is 19.8 Å². The Morgan fingerprint density at radius 2 is 2.40 bits per heavy atom. The van der Waals surface area contributed by atoms with Gasteiger partial charge in [0.05, 0.1) is 5.41 Å². The highest BCUT2D eigenvalue weighted by molar-refractivity contribution is 5.75. The van der Waals surface area contributed by atoms with E-state index in [1.165, 1.54) is 0 Å². The molecule has 0 aromatic carbocycles. The molecule has 4 heteroatoms. The van der Waals surface area contributed by atoms with Gasteiger partial charge >= 0.3 is 5.97 Å². The average molecular weight is 208 g/mol. The first-order valence-corrected chi connectivity index (χ1v) is 4.97. The van der Waals surface area contributed by atoms with Gasteiger partial charge in [-0.1, -0.05) is 13.0 Å². The quantitative estimate of drug-likeness (QED) is 0.758. The predicted octanol–water partition coefficient (Wildman–Crippen LogP) is 1.06. The third-order valence-corrected chi connectivity index (χ3v) is 2.79. The first-order chi connectivity index (χ1) is 7.14. The summed E-state index contributed by atoms with van der Waals surface area (Å²) < 4.78 is 0. The number of nitrogens with zero attached hydrogens (tertiary/aromatic N) is 1. The van der Waals surface area contributed by atoms with Gasteiger partial charge in [0.25, 0.3) is 0 Å². The molecule has 0 amide bonds. The second-order valence-corrected chi connectivity index (χ2v) is 3.68. The van der Waals surface area contributed by atoms with Crippen LogP contribution in [0.25, 0.3) is 0 Å². The molecule has 0 aliphatic carbocycles. The Bertz CT molecular complexity index is 321. The number of rotatable bonds is 5. The van der Waals surface area contributed by atoms with E-state index in [2.05, 4.69) is 4.98 Å². The summed E-state index contributed by atoms with van der Waals surface area (Å²) in [4.78, 5) is 15.2. The molecule has 82 valence electrons. The Hall–Kier alpha value is -1.42. The van der Waals surface area contributed by atoms with Crippen LogP contribution in [0.3, 0.4) is 0 Å². The third-order valence-electron chi connectivity index (χ3n) is 2.79. The van der Waals surface area contributed by atoms with Gasteiger partial charge in [0.15, 0.2) is 0 Å². The van der Waals surface area contributed by atoms with Crippen molar-refractivity contribution in [1.29, 1.82) is 0 Å². The molecule has 4 nitrogen and oxygen atoms in total. The molecule has 0 saturated carbocycles. The van der Waals surface area contributed by atoms with Crippen LogP contribution >= 0.6 is 0 Å². The standard InChI is InChI=1S/C11H16N2O2/c1-2-11(8-12,10(14)15)6-9-4-3-5-13-7-9/h3-5,7H,2,6,8,12H2,1H3,(H,14,15). The molecule has 0 fully saturated rings. The minimum Gasteiger partial charge on any atom is -0.481 e. The molecule has 0 aliphatic rings. The monoisotopic (exact) mass is 208 g/mol. The van der Waals surface area contributed by atoms with E-state index in [1.807, 2.05) is 13.0 Å². The van der Waals surface area contributed by atoms with Crippen LogP contribution in [-0.4, -0.2) is 22.6 Å². The number of carboxylic acid groups (broad SMARTS) is 1. The Labute approximate surface area is 89.1 Å². The first kappa shape index (κ1) is 11.7. The van der Waals surface area contributed by atoms with E-state index >= 15 is 0 Å². The van der Waals surface area contributed by atoms with Gasteiger partial charge < -0.3 is 10.8 Å². The summed E-state index contributed by atoms with van der Waals surface area (Å²) in [7, 11) is 0. The van der Waals surface area contributed by atoms with E-state index < -0.39 is 11.4 Å². The second-order valence-electron chi connectivity index (χ2n) is 3.68. The smallest absolute Gasteiger partial charge is 0.311 e. The highest BCUT2D eigenvalue weighted by Crippen LogP contribution is 2.25. The van der Waals surface area contributed by atoms with Crippen molar-refractivity contribution < 1.29 is 9.90 Å². The molecule has 1 rings (SSSR count). The van der Waals surface area contributed by atoms with Crippen molar-refractivity contribution in [2.24, 2.45) is 11.1 Å². The molecule has 3 N–H and O–H groups in total. The van der Waals surface area contributed by atoms with Crippen LogP contribution in [0.5, 0.6) is 0 Å². The maximum absolute atomic E-state index is 11.2. The van der Waals surface area contributed by atoms with E-state index in [4.69, 9.17) is 5.73 Å². The van der Waals surface area contributed by atoms with Crippen molar-refractivity contribution in [2.75, 3.05) is 6.54 Å². The molecule has 15 heavy (non-hydrogen) atoms. The number of carboxylic acids is 1. The molecular formula is C11H16N2O2. The topological polar surface area (TPSA) is 76.2 Å². The van der Waals surface area contributed by atoms with Crippen molar-refractivity contribution in [1.82, 2.24) is 4.98 Å². The summed E-state index contributed by atoms with van der Waals surface area (Å²) in [6.07, 6.45) is 4.31. The lowest BCUT2D eigenvalue weighted by Crippen LogP contribution is -2.40. The van der Waals surface area contributed by atoms with Gasteiger partial charge in [0.2, 0.25) is 0 Å². The summed E-state index contributed by atoms with van der Waals surface area (Å²) >= 11 is 0. The molecule has 0 spiro atoms. The van der Waals surface area contributed by atoms with Crippen LogP contribution in [0.4, 0.5) is 0 Å². The van der Waals surface area contributed by atoms with Gasteiger partial charge in [-0.2, -0.15) is 0 Å². The van der Waals surface area contributed by atoms with Crippen LogP contribution in [0.2, 0.25) is 0 Å². The summed E-state index contributed by atoms with van der Waals surface area (Å²) in [5, 5.41) is 9.18. The molecule has 1 aromatic heterocycles. The highest BCUT2D eigenvalue weighted by atomic mass is 16.4. The number of aromatic nitrogens is 1. The zero-order valence-electron chi connectivity index (χ0n) is 8.81. The number of hydrogen-bond acceptors (Lipinski definition) is 3. The molecule has 1 aromatic rings. The summed E-state index contributed by atoms with van der Waals surface area (Å²) in [6.45, 7) is 1.99. The SMILES string of the molecule is CCC(CN)(Cc1cccnc1)C(=O)O. The fourth-order valence-corrected chi connectivity index (χ4v) is 1.55. The lowest BCUT2D eigenvalue weighted by molar-refractivity contribution is -0.148. The fraction of sp³-hybridized carbons (Fsp3) is 0.455. The largest absolute Gasteiger partial charge is 0.481 e. The third kappa shape index (κ3) is 2.53. The lowest BCUT2D eigenvalue weighted by atomic mass is 9.79. The van der Waals surface area contributed by atoms with Crippen LogP contribution in [0.1, 0.15) is 18.9 Å². The summed E-state index contributed by atoms with van der Waals surface area (Å²) in [5.74, 6) is -0.837. The Kier molecular flexibility index (Phi) is 3.80. The summed E-state index contributed by atoms with van der Waals surface area (Å²) in [5.41, 5.74) is 5.62. The van der Waals surface area contributed by atoms with Crippen molar-refractivity contribution in [3.05, 3.63) is 30.1 Å². The number of aliphatic carboxylic acids is 1. The van der Waals surface area contributed by atoms with Crippen LogP contribution in [0.15, 0.2) is 24.5 Å². The first-order valence-electron chi connectivity index (χ1n) is 4.97. The van der Waals surface area contributed by atoms with Crippen LogP contribution < -0.4 is 5.73 Å². The van der Waals surface area contributed by atoms with Crippen LogP contribution in [0, 0.1) is 5.41 Å². The zero-order valence-corrected chi connectivity index (χ0v) is 8.81. The summed E-state index contributed by atoms with van der Waals surface area (Å²) in [6, 6.07) is 3.67. The Morgan fingerprint density at radius 1 is 1.67 bits per heavy atom. The minimum atomic E-state index is -0.858. The minimum absolute atomic E-state index is 0.147. The van der Waals surface area contributed by atoms with Gasteiger partial charge in [0, 0.05) is 18.9 Å². The van der Waals surface area contributed by atoms with E-state index in [0.717, 1.165) is 5.56 Å². The number of nitrogens with two attached hydrogens (primary N) is 1. The van der Waals surface area contributed by atoms with E-state index in [-0.39, 0.29) is 6.54 Å². The van der Waals surface area contributed by atoms with Gasteiger partial charge in [-0.15, -0.1) is 0 Å². The number of pyridine rings is 1. The maximum Gasteiger partial charge on any atom is 0.311 e. The molecule has 0 radical (unpaired) electrons. The van der Waals surface area contributed by atoms with Crippen molar-refractivity contribution in [3.8, 4) is 0 Å².